The Balaban J connectivity index is 1.75. The van der Waals surface area contributed by atoms with Gasteiger partial charge in [-0.1, -0.05) is 32.9 Å². The lowest BCUT2D eigenvalue weighted by atomic mass is 9.34. The van der Waals surface area contributed by atoms with Crippen LogP contribution in [0.15, 0.2) is 24.3 Å². The summed E-state index contributed by atoms with van der Waals surface area (Å²) in [5, 5.41) is 20.9. The Morgan fingerprint density at radius 2 is 1.91 bits per heavy atom. The molecule has 0 saturated heterocycles. The molecule has 4 rings (SSSR count). The summed E-state index contributed by atoms with van der Waals surface area (Å²) in [5.74, 6) is 1.55. The Bertz CT molecular complexity index is 552. The van der Waals surface area contributed by atoms with Crippen molar-refractivity contribution in [3.8, 4) is 0 Å². The van der Waals surface area contributed by atoms with E-state index >= 15 is 0 Å². The first-order valence-electron chi connectivity index (χ1n) is 8.96. The van der Waals surface area contributed by atoms with Crippen molar-refractivity contribution in [1.82, 2.24) is 0 Å². The van der Waals surface area contributed by atoms with Gasteiger partial charge in [0.2, 0.25) is 0 Å². The third-order valence-corrected chi connectivity index (χ3v) is 8.37. The van der Waals surface area contributed by atoms with Gasteiger partial charge in [0.1, 0.15) is 0 Å². The Morgan fingerprint density at radius 3 is 2.59 bits per heavy atom. The molecule has 0 aromatic carbocycles. The molecular weight excluding hydrogens is 272 g/mol. The van der Waals surface area contributed by atoms with Gasteiger partial charge in [-0.3, -0.25) is 0 Å². The molecule has 2 N–H and O–H groups in total. The number of rotatable bonds is 1. The van der Waals surface area contributed by atoms with E-state index < -0.39 is 0 Å². The van der Waals surface area contributed by atoms with Crippen molar-refractivity contribution >= 4 is 0 Å². The van der Waals surface area contributed by atoms with Crippen LogP contribution in [0.4, 0.5) is 0 Å². The molecule has 0 unspecified atom stereocenters. The molecule has 0 spiro atoms. The van der Waals surface area contributed by atoms with Crippen molar-refractivity contribution in [2.24, 2.45) is 34.0 Å². The highest BCUT2D eigenvalue weighted by molar-refractivity contribution is 5.39. The minimum absolute atomic E-state index is 0.131. The molecule has 0 amide bonds. The van der Waals surface area contributed by atoms with Crippen LogP contribution in [-0.4, -0.2) is 22.4 Å². The Morgan fingerprint density at radius 1 is 1.18 bits per heavy atom. The van der Waals surface area contributed by atoms with E-state index in [1.807, 2.05) is 6.08 Å². The van der Waals surface area contributed by atoms with E-state index in [2.05, 4.69) is 33.4 Å². The van der Waals surface area contributed by atoms with E-state index in [9.17, 15) is 10.2 Å². The van der Waals surface area contributed by atoms with Crippen LogP contribution in [0.3, 0.4) is 0 Å². The Labute approximate surface area is 134 Å². The summed E-state index contributed by atoms with van der Waals surface area (Å²) >= 11 is 0. The van der Waals surface area contributed by atoms with Crippen LogP contribution in [0, 0.1) is 34.0 Å². The van der Waals surface area contributed by atoms with Crippen LogP contribution in [0.25, 0.3) is 0 Å². The van der Waals surface area contributed by atoms with Gasteiger partial charge in [-0.05, 0) is 66.3 Å². The van der Waals surface area contributed by atoms with Gasteiger partial charge in [0.15, 0.2) is 0 Å². The summed E-state index contributed by atoms with van der Waals surface area (Å²) < 4.78 is 0. The predicted molar refractivity (Wildman–Crippen MR) is 88.2 cm³/mol. The van der Waals surface area contributed by atoms with E-state index in [1.165, 1.54) is 19.3 Å². The normalized spacial score (nSPS) is 59.7. The van der Waals surface area contributed by atoms with Gasteiger partial charge in [-0.2, -0.15) is 0 Å². The molecule has 122 valence electrons. The van der Waals surface area contributed by atoms with Crippen molar-refractivity contribution in [2.45, 2.75) is 65.1 Å². The maximum atomic E-state index is 10.6. The molecule has 0 aliphatic heterocycles. The summed E-state index contributed by atoms with van der Waals surface area (Å²) in [6.45, 7) is 11.2. The standard InChI is InChI=1S/C20H30O2/c1-5-18(2)6-7-19(3)12(11-18)8-14-17(22)15-9-13(21)10-16(19)20(14,15)4/h5,9,12-14,16-17,21-22H,1,6-8,10-11H2,2-4H3/t12-,13+,14+,16+,17+,18-,19-,20+/m0/s1. The lowest BCUT2D eigenvalue weighted by molar-refractivity contribution is -0.197. The van der Waals surface area contributed by atoms with Gasteiger partial charge in [-0.25, -0.2) is 0 Å². The van der Waals surface area contributed by atoms with Gasteiger partial charge in [0.05, 0.1) is 12.2 Å². The molecule has 4 aliphatic carbocycles. The largest absolute Gasteiger partial charge is 0.389 e. The minimum atomic E-state index is -0.369. The Hall–Kier alpha value is -0.600. The second-order valence-electron chi connectivity index (χ2n) is 9.31. The van der Waals surface area contributed by atoms with Crippen LogP contribution in [0.2, 0.25) is 0 Å². The fraction of sp³-hybridized carbons (Fsp3) is 0.800. The fourth-order valence-corrected chi connectivity index (χ4v) is 6.77. The predicted octanol–water partition coefficient (Wildman–Crippen LogP) is 3.69. The van der Waals surface area contributed by atoms with Crippen molar-refractivity contribution < 1.29 is 10.2 Å². The van der Waals surface area contributed by atoms with Gasteiger partial charge in [-0.15, -0.1) is 6.58 Å². The summed E-state index contributed by atoms with van der Waals surface area (Å²) in [6, 6.07) is 0. The van der Waals surface area contributed by atoms with Gasteiger partial charge < -0.3 is 10.2 Å². The SMILES string of the molecule is C=C[C@@]1(C)CC[C@@]2(C)[C@@H](C[C@@H]3[C@@H](O)C4=C[C@@H](O)C[C@H]2[C@@]43C)C1. The highest BCUT2D eigenvalue weighted by Gasteiger charge is 2.69. The number of aliphatic hydroxyl groups is 2. The number of aliphatic hydroxyl groups excluding tert-OH is 2. The van der Waals surface area contributed by atoms with Crippen LogP contribution in [0.1, 0.15) is 52.9 Å². The van der Waals surface area contributed by atoms with E-state index in [0.29, 0.717) is 23.2 Å². The third-order valence-electron chi connectivity index (χ3n) is 8.37. The minimum Gasteiger partial charge on any atom is -0.389 e. The number of hydrogen-bond acceptors (Lipinski definition) is 2. The average molecular weight is 302 g/mol. The van der Waals surface area contributed by atoms with Crippen LogP contribution >= 0.6 is 0 Å². The zero-order valence-electron chi connectivity index (χ0n) is 14.2. The molecule has 0 radical (unpaired) electrons. The smallest absolute Gasteiger partial charge is 0.0793 e. The van der Waals surface area contributed by atoms with Crippen molar-refractivity contribution in [3.05, 3.63) is 24.3 Å². The molecule has 4 aliphatic rings. The van der Waals surface area contributed by atoms with Crippen molar-refractivity contribution in [3.63, 3.8) is 0 Å². The van der Waals surface area contributed by atoms with Gasteiger partial charge in [0.25, 0.3) is 0 Å². The second kappa shape index (κ2) is 4.27. The molecule has 0 aromatic rings. The fourth-order valence-electron chi connectivity index (χ4n) is 6.77. The zero-order chi connectivity index (χ0) is 15.9. The molecule has 0 heterocycles. The van der Waals surface area contributed by atoms with E-state index in [4.69, 9.17) is 0 Å². The summed E-state index contributed by atoms with van der Waals surface area (Å²) in [7, 11) is 0. The van der Waals surface area contributed by atoms with E-state index in [0.717, 1.165) is 18.4 Å². The maximum Gasteiger partial charge on any atom is 0.0793 e. The van der Waals surface area contributed by atoms with E-state index in [1.54, 1.807) is 0 Å². The Kier molecular flexibility index (Phi) is 2.90. The van der Waals surface area contributed by atoms with Gasteiger partial charge >= 0.3 is 0 Å². The van der Waals surface area contributed by atoms with Crippen LogP contribution in [0.5, 0.6) is 0 Å². The molecule has 8 atom stereocenters. The molecule has 0 aromatic heterocycles. The third kappa shape index (κ3) is 1.58. The van der Waals surface area contributed by atoms with Crippen LogP contribution < -0.4 is 0 Å². The summed E-state index contributed by atoms with van der Waals surface area (Å²) in [6.07, 6.45) is 9.06. The average Bonchev–Trinajstić information content (AvgIpc) is 2.49. The summed E-state index contributed by atoms with van der Waals surface area (Å²) in [4.78, 5) is 0. The lowest BCUT2D eigenvalue weighted by Crippen LogP contribution is -2.68. The number of allylic oxidation sites excluding steroid dienone is 1. The monoisotopic (exact) mass is 302 g/mol. The molecule has 2 heteroatoms. The van der Waals surface area contributed by atoms with Crippen molar-refractivity contribution in [2.75, 3.05) is 0 Å². The summed E-state index contributed by atoms with van der Waals surface area (Å²) in [5.41, 5.74) is 1.82. The van der Waals surface area contributed by atoms with Crippen LogP contribution in [-0.2, 0) is 0 Å². The molecule has 2 nitrogen and oxygen atoms in total. The quantitative estimate of drug-likeness (QED) is 0.725. The molecule has 0 bridgehead atoms. The van der Waals surface area contributed by atoms with E-state index in [-0.39, 0.29) is 23.0 Å². The highest BCUT2D eigenvalue weighted by atomic mass is 16.3. The molecule has 3 saturated carbocycles. The first kappa shape index (κ1) is 15.0. The highest BCUT2D eigenvalue weighted by Crippen LogP contribution is 2.73. The number of hydrogen-bond donors (Lipinski definition) is 2. The molecular formula is C20H30O2. The first-order valence-corrected chi connectivity index (χ1v) is 8.96. The maximum absolute atomic E-state index is 10.6. The van der Waals surface area contributed by atoms with Gasteiger partial charge in [0, 0.05) is 5.41 Å². The van der Waals surface area contributed by atoms with Crippen molar-refractivity contribution in [1.29, 1.82) is 0 Å². The zero-order valence-corrected chi connectivity index (χ0v) is 14.2. The number of fused-ring (bicyclic) bond motifs is 2. The lowest BCUT2D eigenvalue weighted by Gasteiger charge is -2.71. The molecule has 3 fully saturated rings. The topological polar surface area (TPSA) is 40.5 Å². The molecule has 22 heavy (non-hydrogen) atoms. The second-order valence-corrected chi connectivity index (χ2v) is 9.31. The first-order chi connectivity index (χ1) is 10.2.